The molecule has 7 nitrogen and oxygen atoms in total. The minimum Gasteiger partial charge on any atom is -0.489 e. The van der Waals surface area contributed by atoms with E-state index in [1.54, 1.807) is 12.4 Å². The van der Waals surface area contributed by atoms with Gasteiger partial charge in [0.25, 0.3) is 5.89 Å². The van der Waals surface area contributed by atoms with Crippen molar-refractivity contribution in [2.45, 2.75) is 25.9 Å². The second-order valence-electron chi connectivity index (χ2n) is 7.84. The molecule has 0 N–H and O–H groups in total. The van der Waals surface area contributed by atoms with E-state index in [2.05, 4.69) is 34.2 Å². The van der Waals surface area contributed by atoms with Gasteiger partial charge in [-0.25, -0.2) is 4.98 Å². The van der Waals surface area contributed by atoms with E-state index in [1.807, 2.05) is 42.5 Å². The number of hydrogen-bond donors (Lipinski definition) is 0. The fourth-order valence-corrected chi connectivity index (χ4v) is 3.98. The Morgan fingerprint density at radius 3 is 2.56 bits per heavy atom. The SMILES string of the molecule is O=C(c1ncc(-c2ccccn2)o1)C1CCc2cc(OCc3ccccc3)ccc2C1.O=C=O. The summed E-state index contributed by atoms with van der Waals surface area (Å²) in [5, 5.41) is 0. The standard InChI is InChI=1S/C26H22N2O3.CO2/c29-25(26-28-16-24(31-26)23-8-4-5-13-27-23)21-10-9-20-15-22(12-11-19(20)14-21)30-17-18-6-2-1-3-7-18;2-1-3/h1-8,11-13,15-16,21H,9-10,14,17H2;. The quantitative estimate of drug-likeness (QED) is 0.389. The molecule has 2 aromatic heterocycles. The maximum Gasteiger partial charge on any atom is 0.373 e. The molecule has 1 unspecified atom stereocenters. The highest BCUT2D eigenvalue weighted by atomic mass is 16.5. The number of nitrogens with zero attached hydrogens (tertiary/aromatic N) is 2. The van der Waals surface area contributed by atoms with E-state index in [9.17, 15) is 4.79 Å². The number of aromatic nitrogens is 2. The first-order valence-electron chi connectivity index (χ1n) is 10.9. The average molecular weight is 454 g/mol. The Kier molecular flexibility index (Phi) is 7.38. The van der Waals surface area contributed by atoms with Gasteiger partial charge in [0.05, 0.1) is 6.20 Å². The number of Topliss-reactive ketones (excluding diaryl/α,β-unsaturated/α-hetero) is 1. The molecule has 2 aromatic carbocycles. The van der Waals surface area contributed by atoms with Crippen LogP contribution in [0.4, 0.5) is 0 Å². The smallest absolute Gasteiger partial charge is 0.373 e. The Hall–Kier alpha value is -4.35. The normalized spacial score (nSPS) is 14.2. The Morgan fingerprint density at radius 2 is 1.79 bits per heavy atom. The van der Waals surface area contributed by atoms with Crippen LogP contribution in [0, 0.1) is 5.92 Å². The molecule has 0 aliphatic heterocycles. The monoisotopic (exact) mass is 454 g/mol. The first-order chi connectivity index (χ1) is 16.7. The first kappa shape index (κ1) is 22.8. The van der Waals surface area contributed by atoms with Crippen LogP contribution < -0.4 is 4.74 Å². The highest BCUT2D eigenvalue weighted by Crippen LogP contribution is 2.31. The second-order valence-corrected chi connectivity index (χ2v) is 7.84. The number of aryl methyl sites for hydroxylation is 1. The van der Waals surface area contributed by atoms with E-state index in [-0.39, 0.29) is 23.7 Å². The van der Waals surface area contributed by atoms with E-state index in [0.717, 1.165) is 24.2 Å². The van der Waals surface area contributed by atoms with Crippen LogP contribution in [0.1, 0.15) is 33.8 Å². The molecule has 0 radical (unpaired) electrons. The van der Waals surface area contributed by atoms with Crippen molar-refractivity contribution in [2.75, 3.05) is 0 Å². The van der Waals surface area contributed by atoms with Gasteiger partial charge in [-0.1, -0.05) is 42.5 Å². The molecule has 2 heterocycles. The van der Waals surface area contributed by atoms with E-state index >= 15 is 0 Å². The third kappa shape index (κ3) is 5.52. The zero-order chi connectivity index (χ0) is 23.8. The van der Waals surface area contributed by atoms with Crippen molar-refractivity contribution >= 4 is 11.9 Å². The van der Waals surface area contributed by atoms with E-state index in [1.165, 1.54) is 11.1 Å². The van der Waals surface area contributed by atoms with Crippen LogP contribution >= 0.6 is 0 Å². The number of hydrogen-bond acceptors (Lipinski definition) is 7. The lowest BCUT2D eigenvalue weighted by Gasteiger charge is -2.23. The topological polar surface area (TPSA) is 99.4 Å². The maximum absolute atomic E-state index is 13.0. The summed E-state index contributed by atoms with van der Waals surface area (Å²) in [5.74, 6) is 1.37. The minimum atomic E-state index is -0.126. The lowest BCUT2D eigenvalue weighted by Crippen LogP contribution is -2.23. The van der Waals surface area contributed by atoms with Gasteiger partial charge >= 0.3 is 6.15 Å². The van der Waals surface area contributed by atoms with Gasteiger partial charge in [-0.15, -0.1) is 0 Å². The van der Waals surface area contributed by atoms with Gasteiger partial charge in [0.2, 0.25) is 5.78 Å². The molecule has 0 amide bonds. The Labute approximate surface area is 196 Å². The number of carbonyl (C=O) groups excluding carboxylic acids is 3. The number of benzene rings is 2. The molecule has 170 valence electrons. The largest absolute Gasteiger partial charge is 0.489 e. The number of ether oxygens (including phenoxy) is 1. The number of carbonyl (C=O) groups is 1. The van der Waals surface area contributed by atoms with E-state index < -0.39 is 0 Å². The molecule has 1 aliphatic rings. The molecular weight excluding hydrogens is 432 g/mol. The Bertz CT molecular complexity index is 1280. The van der Waals surface area contributed by atoms with Crippen molar-refractivity contribution in [3.05, 3.63) is 102 Å². The number of ketones is 1. The zero-order valence-electron chi connectivity index (χ0n) is 18.3. The highest BCUT2D eigenvalue weighted by molar-refractivity contribution is 5.94. The molecule has 7 heteroatoms. The summed E-state index contributed by atoms with van der Waals surface area (Å²) >= 11 is 0. The summed E-state index contributed by atoms with van der Waals surface area (Å²) in [6.45, 7) is 0.545. The van der Waals surface area contributed by atoms with Crippen molar-refractivity contribution in [1.29, 1.82) is 0 Å². The molecule has 0 saturated heterocycles. The van der Waals surface area contributed by atoms with Crippen LogP contribution in [0.25, 0.3) is 11.5 Å². The predicted octanol–water partition coefficient (Wildman–Crippen LogP) is 4.72. The minimum absolute atomic E-state index is 0.0442. The fourth-order valence-electron chi connectivity index (χ4n) is 3.98. The number of rotatable bonds is 6. The molecule has 0 fully saturated rings. The molecular formula is C27H22N2O5. The Balaban J connectivity index is 0.000000868. The molecule has 0 bridgehead atoms. The number of pyridine rings is 1. The zero-order valence-corrected chi connectivity index (χ0v) is 18.3. The summed E-state index contributed by atoms with van der Waals surface area (Å²) < 4.78 is 11.7. The van der Waals surface area contributed by atoms with Gasteiger partial charge in [-0.05, 0) is 60.2 Å². The Morgan fingerprint density at radius 1 is 1.00 bits per heavy atom. The van der Waals surface area contributed by atoms with Gasteiger partial charge in [-0.3, -0.25) is 9.78 Å². The molecule has 34 heavy (non-hydrogen) atoms. The van der Waals surface area contributed by atoms with Crippen molar-refractivity contribution < 1.29 is 23.5 Å². The summed E-state index contributed by atoms with van der Waals surface area (Å²) in [5.41, 5.74) is 4.25. The number of oxazole rings is 1. The molecule has 1 atom stereocenters. The van der Waals surface area contributed by atoms with Crippen LogP contribution in [0.15, 0.2) is 83.5 Å². The van der Waals surface area contributed by atoms with Crippen LogP contribution in [-0.4, -0.2) is 21.9 Å². The third-order valence-electron chi connectivity index (χ3n) is 5.66. The number of fused-ring (bicyclic) bond motifs is 1. The van der Waals surface area contributed by atoms with Crippen molar-refractivity contribution in [3.63, 3.8) is 0 Å². The molecule has 4 aromatic rings. The molecule has 5 rings (SSSR count). The summed E-state index contributed by atoms with van der Waals surface area (Å²) in [7, 11) is 0. The highest BCUT2D eigenvalue weighted by Gasteiger charge is 2.29. The van der Waals surface area contributed by atoms with Crippen LogP contribution in [0.2, 0.25) is 0 Å². The first-order valence-corrected chi connectivity index (χ1v) is 10.9. The summed E-state index contributed by atoms with van der Waals surface area (Å²) in [6, 6.07) is 21.8. The van der Waals surface area contributed by atoms with Gasteiger partial charge in [-0.2, -0.15) is 9.59 Å². The second kappa shape index (κ2) is 11.0. The predicted molar refractivity (Wildman–Crippen MR) is 122 cm³/mol. The van der Waals surface area contributed by atoms with Crippen molar-refractivity contribution in [3.8, 4) is 17.2 Å². The van der Waals surface area contributed by atoms with Gasteiger partial charge < -0.3 is 9.15 Å². The van der Waals surface area contributed by atoms with E-state index in [4.69, 9.17) is 18.7 Å². The van der Waals surface area contributed by atoms with E-state index in [0.29, 0.717) is 24.5 Å². The lowest BCUT2D eigenvalue weighted by molar-refractivity contribution is -0.191. The lowest BCUT2D eigenvalue weighted by atomic mass is 9.81. The molecule has 0 saturated carbocycles. The summed E-state index contributed by atoms with van der Waals surface area (Å²) in [4.78, 5) is 37.7. The van der Waals surface area contributed by atoms with Crippen molar-refractivity contribution in [1.82, 2.24) is 9.97 Å². The molecule has 1 aliphatic carbocycles. The fraction of sp³-hybridized carbons (Fsp3) is 0.185. The third-order valence-corrected chi connectivity index (χ3v) is 5.66. The van der Waals surface area contributed by atoms with Crippen LogP contribution in [0.3, 0.4) is 0 Å². The molecule has 0 spiro atoms. The van der Waals surface area contributed by atoms with Gasteiger partial charge in [0.1, 0.15) is 18.1 Å². The maximum atomic E-state index is 13.0. The van der Waals surface area contributed by atoms with Gasteiger partial charge in [0, 0.05) is 12.1 Å². The van der Waals surface area contributed by atoms with Gasteiger partial charge in [0.15, 0.2) is 5.76 Å². The average Bonchev–Trinajstić information content (AvgIpc) is 3.39. The van der Waals surface area contributed by atoms with Crippen LogP contribution in [0.5, 0.6) is 5.75 Å². The van der Waals surface area contributed by atoms with Crippen LogP contribution in [-0.2, 0) is 29.0 Å². The van der Waals surface area contributed by atoms with Crippen molar-refractivity contribution in [2.24, 2.45) is 5.92 Å². The summed E-state index contributed by atoms with van der Waals surface area (Å²) in [6.07, 6.45) is 5.81.